The molecule has 0 spiro atoms. The number of carbonyl (C=O) groups is 1. The number of nitrogens with zero attached hydrogens (tertiary/aromatic N) is 1. The maximum atomic E-state index is 13.3. The lowest BCUT2D eigenvalue weighted by atomic mass is 10.1. The van der Waals surface area contributed by atoms with Crippen LogP contribution in [0.2, 0.25) is 0 Å². The minimum atomic E-state index is -3.81. The number of benzene rings is 2. The molecule has 0 heterocycles. The molecule has 0 aliphatic carbocycles. The fourth-order valence-electron chi connectivity index (χ4n) is 2.50. The van der Waals surface area contributed by atoms with Gasteiger partial charge in [0.2, 0.25) is 10.0 Å². The van der Waals surface area contributed by atoms with E-state index in [2.05, 4.69) is 5.32 Å². The highest BCUT2D eigenvalue weighted by Gasteiger charge is 2.17. The summed E-state index contributed by atoms with van der Waals surface area (Å²) in [5.41, 5.74) is 1.30. The highest BCUT2D eigenvalue weighted by molar-refractivity contribution is 7.89. The molecule has 0 saturated heterocycles. The molecule has 0 radical (unpaired) electrons. The molecular formula is C18H22FN3O3S. The number of primary sulfonamides is 1. The van der Waals surface area contributed by atoms with Crippen molar-refractivity contribution in [2.24, 2.45) is 5.14 Å². The van der Waals surface area contributed by atoms with E-state index in [0.717, 1.165) is 0 Å². The van der Waals surface area contributed by atoms with E-state index >= 15 is 0 Å². The zero-order chi connectivity index (χ0) is 19.3. The number of hydrogen-bond donors (Lipinski definition) is 2. The minimum absolute atomic E-state index is 0.0109. The van der Waals surface area contributed by atoms with Crippen molar-refractivity contribution in [3.63, 3.8) is 0 Å². The van der Waals surface area contributed by atoms with Gasteiger partial charge in [0.05, 0.1) is 10.9 Å². The van der Waals surface area contributed by atoms with Crippen LogP contribution in [0.1, 0.15) is 31.0 Å². The molecule has 26 heavy (non-hydrogen) atoms. The highest BCUT2D eigenvalue weighted by Crippen LogP contribution is 2.17. The molecule has 0 aromatic heterocycles. The fraction of sp³-hybridized carbons (Fsp3) is 0.278. The Labute approximate surface area is 152 Å². The number of hydrogen-bond acceptors (Lipinski definition) is 3. The fourth-order valence-corrected chi connectivity index (χ4v) is 3.07. The van der Waals surface area contributed by atoms with E-state index in [-0.39, 0.29) is 23.3 Å². The normalized spacial score (nSPS) is 12.5. The Kier molecular flexibility index (Phi) is 6.33. The summed E-state index contributed by atoms with van der Waals surface area (Å²) in [5.74, 6) is -0.355. The highest BCUT2D eigenvalue weighted by atomic mass is 32.2. The van der Waals surface area contributed by atoms with Gasteiger partial charge in [-0.3, -0.25) is 0 Å². The largest absolute Gasteiger partial charge is 0.331 e. The van der Waals surface area contributed by atoms with Gasteiger partial charge in [-0.25, -0.2) is 22.7 Å². The zero-order valence-corrected chi connectivity index (χ0v) is 15.5. The van der Waals surface area contributed by atoms with Crippen LogP contribution in [0.4, 0.5) is 9.18 Å². The Balaban J connectivity index is 2.09. The maximum absolute atomic E-state index is 13.3. The van der Waals surface area contributed by atoms with Gasteiger partial charge in [0, 0.05) is 13.1 Å². The van der Waals surface area contributed by atoms with E-state index in [1.807, 2.05) is 6.92 Å². The third-order valence-corrected chi connectivity index (χ3v) is 4.87. The molecule has 2 rings (SSSR count). The Hall–Kier alpha value is -2.45. The van der Waals surface area contributed by atoms with Crippen molar-refractivity contribution >= 4 is 16.1 Å². The molecule has 6 nitrogen and oxygen atoms in total. The molecule has 0 aliphatic rings. The van der Waals surface area contributed by atoms with Gasteiger partial charge in [-0.15, -0.1) is 0 Å². The second-order valence-corrected chi connectivity index (χ2v) is 7.49. The van der Waals surface area contributed by atoms with Gasteiger partial charge < -0.3 is 10.2 Å². The molecule has 8 heteroatoms. The maximum Gasteiger partial charge on any atom is 0.318 e. The van der Waals surface area contributed by atoms with Crippen molar-refractivity contribution in [1.82, 2.24) is 10.2 Å². The molecule has 3 N–H and O–H groups in total. The predicted octanol–water partition coefficient (Wildman–Crippen LogP) is 2.77. The van der Waals surface area contributed by atoms with Crippen LogP contribution in [0.3, 0.4) is 0 Å². The Morgan fingerprint density at radius 2 is 1.92 bits per heavy atom. The molecule has 1 unspecified atom stereocenters. The lowest BCUT2D eigenvalue weighted by Gasteiger charge is -2.24. The third-order valence-electron chi connectivity index (χ3n) is 3.96. The number of rotatable bonds is 6. The predicted molar refractivity (Wildman–Crippen MR) is 97.2 cm³/mol. The molecule has 140 valence electrons. The molecule has 2 aromatic rings. The van der Waals surface area contributed by atoms with Gasteiger partial charge in [0.1, 0.15) is 5.82 Å². The van der Waals surface area contributed by atoms with Gasteiger partial charge in [0.15, 0.2) is 0 Å². The lowest BCUT2D eigenvalue weighted by Crippen LogP contribution is -2.40. The summed E-state index contributed by atoms with van der Waals surface area (Å²) in [6.45, 7) is 4.28. The third kappa shape index (κ3) is 5.27. The van der Waals surface area contributed by atoms with Crippen molar-refractivity contribution < 1.29 is 17.6 Å². The number of nitrogens with two attached hydrogens (primary N) is 1. The first-order valence-electron chi connectivity index (χ1n) is 8.13. The number of sulfonamides is 1. The van der Waals surface area contributed by atoms with E-state index < -0.39 is 16.1 Å². The molecule has 2 amide bonds. The Morgan fingerprint density at radius 3 is 2.54 bits per heavy atom. The van der Waals surface area contributed by atoms with Crippen LogP contribution in [0.5, 0.6) is 0 Å². The van der Waals surface area contributed by atoms with Gasteiger partial charge in [0.25, 0.3) is 0 Å². The molecule has 0 aliphatic heterocycles. The molecular weight excluding hydrogens is 357 g/mol. The first-order chi connectivity index (χ1) is 12.2. The van der Waals surface area contributed by atoms with E-state index in [1.165, 1.54) is 29.2 Å². The van der Waals surface area contributed by atoms with Crippen molar-refractivity contribution in [2.45, 2.75) is 31.3 Å². The van der Waals surface area contributed by atoms with Crippen LogP contribution in [0, 0.1) is 5.82 Å². The van der Waals surface area contributed by atoms with Gasteiger partial charge in [-0.05, 0) is 49.2 Å². The number of carbonyl (C=O) groups excluding carboxylic acids is 1. The zero-order valence-electron chi connectivity index (χ0n) is 14.6. The summed E-state index contributed by atoms with van der Waals surface area (Å²) in [6, 6.07) is 11.4. The van der Waals surface area contributed by atoms with E-state index in [0.29, 0.717) is 17.7 Å². The number of amides is 2. The SMILES string of the molecule is CCN(Cc1cccc(F)c1)C(=O)NC(C)c1cccc(S(N)(=O)=O)c1. The summed E-state index contributed by atoms with van der Waals surface area (Å²) >= 11 is 0. The van der Waals surface area contributed by atoms with Crippen molar-refractivity contribution in [1.29, 1.82) is 0 Å². The topological polar surface area (TPSA) is 92.5 Å². The second kappa shape index (κ2) is 8.29. The standard InChI is InChI=1S/C18H22FN3O3S/c1-3-22(12-14-6-4-8-16(19)10-14)18(23)21-13(2)15-7-5-9-17(11-15)26(20,24)25/h4-11,13H,3,12H2,1-2H3,(H,21,23)(H2,20,24,25). The van der Waals surface area contributed by atoms with Gasteiger partial charge in [-0.1, -0.05) is 24.3 Å². The second-order valence-electron chi connectivity index (χ2n) is 5.93. The summed E-state index contributed by atoms with van der Waals surface area (Å²) in [6.07, 6.45) is 0. The summed E-state index contributed by atoms with van der Waals surface area (Å²) < 4.78 is 36.2. The minimum Gasteiger partial charge on any atom is -0.331 e. The van der Waals surface area contributed by atoms with Crippen LogP contribution in [-0.2, 0) is 16.6 Å². The summed E-state index contributed by atoms with van der Waals surface area (Å²) in [4.78, 5) is 14.0. The quantitative estimate of drug-likeness (QED) is 0.808. The van der Waals surface area contributed by atoms with Crippen LogP contribution in [0.25, 0.3) is 0 Å². The van der Waals surface area contributed by atoms with Gasteiger partial charge in [-0.2, -0.15) is 0 Å². The number of nitrogens with one attached hydrogen (secondary N) is 1. The van der Waals surface area contributed by atoms with Crippen LogP contribution >= 0.6 is 0 Å². The van der Waals surface area contributed by atoms with E-state index in [9.17, 15) is 17.6 Å². The summed E-state index contributed by atoms with van der Waals surface area (Å²) in [7, 11) is -3.81. The molecule has 0 saturated carbocycles. The van der Waals surface area contributed by atoms with Crippen molar-refractivity contribution in [2.75, 3.05) is 6.54 Å². The average molecular weight is 379 g/mol. The Bertz CT molecular complexity index is 887. The smallest absolute Gasteiger partial charge is 0.318 e. The molecule has 1 atom stereocenters. The Morgan fingerprint density at radius 1 is 1.23 bits per heavy atom. The average Bonchev–Trinajstić information content (AvgIpc) is 2.59. The molecule has 0 bridgehead atoms. The first kappa shape index (κ1) is 19.9. The molecule has 0 fully saturated rings. The van der Waals surface area contributed by atoms with Crippen LogP contribution in [0.15, 0.2) is 53.4 Å². The lowest BCUT2D eigenvalue weighted by molar-refractivity contribution is 0.194. The molecule has 2 aromatic carbocycles. The number of urea groups is 1. The van der Waals surface area contributed by atoms with Crippen LogP contribution < -0.4 is 10.5 Å². The first-order valence-corrected chi connectivity index (χ1v) is 9.68. The monoisotopic (exact) mass is 379 g/mol. The number of halogens is 1. The van der Waals surface area contributed by atoms with Crippen molar-refractivity contribution in [3.8, 4) is 0 Å². The van der Waals surface area contributed by atoms with E-state index in [4.69, 9.17) is 5.14 Å². The van der Waals surface area contributed by atoms with Crippen LogP contribution in [-0.4, -0.2) is 25.9 Å². The summed E-state index contributed by atoms with van der Waals surface area (Å²) in [5, 5.41) is 7.96. The van der Waals surface area contributed by atoms with E-state index in [1.54, 1.807) is 31.2 Å². The van der Waals surface area contributed by atoms with Crippen molar-refractivity contribution in [3.05, 3.63) is 65.5 Å². The van der Waals surface area contributed by atoms with Gasteiger partial charge >= 0.3 is 6.03 Å².